The summed E-state index contributed by atoms with van der Waals surface area (Å²) in [5, 5.41) is 0. The third-order valence-corrected chi connectivity index (χ3v) is 2.05. The number of amides is 3. The highest BCUT2D eigenvalue weighted by molar-refractivity contribution is 5.90. The van der Waals surface area contributed by atoms with Crippen LogP contribution in [-0.2, 0) is 14.4 Å². The topological polar surface area (TPSA) is 133 Å². The van der Waals surface area contributed by atoms with E-state index in [1.54, 1.807) is 0 Å². The van der Waals surface area contributed by atoms with E-state index in [9.17, 15) is 14.4 Å². The van der Waals surface area contributed by atoms with E-state index >= 15 is 0 Å². The Morgan fingerprint density at radius 1 is 1.06 bits per heavy atom. The lowest BCUT2D eigenvalue weighted by molar-refractivity contribution is -0.139. The van der Waals surface area contributed by atoms with Gasteiger partial charge in [0, 0.05) is 0 Å². The highest BCUT2D eigenvalue weighted by Gasteiger charge is 2.24. The summed E-state index contributed by atoms with van der Waals surface area (Å²) in [7, 11) is 0. The summed E-state index contributed by atoms with van der Waals surface area (Å²) >= 11 is 0. The van der Waals surface area contributed by atoms with Crippen molar-refractivity contribution in [3.63, 3.8) is 0 Å². The summed E-state index contributed by atoms with van der Waals surface area (Å²) in [6.07, 6.45) is 0.465. The van der Waals surface area contributed by atoms with Gasteiger partial charge in [0.25, 0.3) is 0 Å². The Morgan fingerprint density at radius 2 is 1.47 bits per heavy atom. The van der Waals surface area contributed by atoms with Crippen LogP contribution in [0.25, 0.3) is 0 Å². The molecule has 0 aromatic rings. The van der Waals surface area contributed by atoms with Gasteiger partial charge in [0.1, 0.15) is 0 Å². The van der Waals surface area contributed by atoms with E-state index < -0.39 is 23.8 Å². The van der Waals surface area contributed by atoms with E-state index in [0.29, 0.717) is 6.42 Å². The molecule has 0 aliphatic heterocycles. The number of rotatable bonds is 7. The van der Waals surface area contributed by atoms with Crippen molar-refractivity contribution in [2.75, 3.05) is 13.1 Å². The summed E-state index contributed by atoms with van der Waals surface area (Å²) in [5.74, 6) is -1.68. The molecule has 0 saturated carbocycles. The normalized spacial score (nSPS) is 12.2. The number of hydrogen-bond donors (Lipinski definition) is 3. The van der Waals surface area contributed by atoms with Gasteiger partial charge in [-0.25, -0.2) is 0 Å². The summed E-state index contributed by atoms with van der Waals surface area (Å²) in [6, 6.07) is -0.756. The van der Waals surface area contributed by atoms with E-state index in [-0.39, 0.29) is 19.0 Å². The molecular formula is C10H20N4O3. The predicted octanol–water partition coefficient (Wildman–Crippen LogP) is -1.84. The van der Waals surface area contributed by atoms with E-state index in [1.807, 2.05) is 13.8 Å². The molecule has 0 aliphatic carbocycles. The SMILES string of the molecule is CC(C)CC(N)C(=O)N(CC(N)=O)CC(N)=O. The molecule has 0 bridgehead atoms. The van der Waals surface area contributed by atoms with Gasteiger partial charge in [0.05, 0.1) is 19.1 Å². The first-order chi connectivity index (χ1) is 7.73. The van der Waals surface area contributed by atoms with Crippen LogP contribution in [0.5, 0.6) is 0 Å². The first-order valence-electron chi connectivity index (χ1n) is 5.35. The first kappa shape index (κ1) is 15.4. The standard InChI is InChI=1S/C10H20N4O3/c1-6(2)3-7(11)10(17)14(4-8(12)15)5-9(13)16/h6-7H,3-5,11H2,1-2H3,(H2,12,15)(H2,13,16). The summed E-state index contributed by atoms with van der Waals surface area (Å²) in [6.45, 7) is 3.13. The second-order valence-corrected chi connectivity index (χ2v) is 4.36. The van der Waals surface area contributed by atoms with Crippen molar-refractivity contribution in [3.05, 3.63) is 0 Å². The second-order valence-electron chi connectivity index (χ2n) is 4.36. The fraction of sp³-hybridized carbons (Fsp3) is 0.700. The lowest BCUT2D eigenvalue weighted by Gasteiger charge is -2.23. The van der Waals surface area contributed by atoms with Gasteiger partial charge in [0.2, 0.25) is 17.7 Å². The smallest absolute Gasteiger partial charge is 0.240 e. The van der Waals surface area contributed by atoms with E-state index in [4.69, 9.17) is 17.2 Å². The Bertz CT molecular complexity index is 288. The van der Waals surface area contributed by atoms with Crippen LogP contribution in [0, 0.1) is 5.92 Å². The van der Waals surface area contributed by atoms with Crippen LogP contribution in [0.4, 0.5) is 0 Å². The molecule has 0 rings (SSSR count). The molecule has 0 fully saturated rings. The lowest BCUT2D eigenvalue weighted by Crippen LogP contribution is -2.50. The van der Waals surface area contributed by atoms with Crippen molar-refractivity contribution in [1.82, 2.24) is 4.90 Å². The summed E-state index contributed by atoms with van der Waals surface area (Å²) < 4.78 is 0. The maximum absolute atomic E-state index is 11.8. The van der Waals surface area contributed by atoms with Gasteiger partial charge < -0.3 is 22.1 Å². The van der Waals surface area contributed by atoms with Crippen molar-refractivity contribution in [2.24, 2.45) is 23.1 Å². The zero-order valence-electron chi connectivity index (χ0n) is 10.2. The molecule has 0 heterocycles. The van der Waals surface area contributed by atoms with Crippen molar-refractivity contribution in [1.29, 1.82) is 0 Å². The Balaban J connectivity index is 4.61. The molecule has 1 atom stereocenters. The van der Waals surface area contributed by atoms with Crippen LogP contribution in [0.3, 0.4) is 0 Å². The van der Waals surface area contributed by atoms with Gasteiger partial charge in [-0.15, -0.1) is 0 Å². The second kappa shape index (κ2) is 6.85. The minimum Gasteiger partial charge on any atom is -0.368 e. The Hall–Kier alpha value is -1.63. The highest BCUT2D eigenvalue weighted by Crippen LogP contribution is 2.05. The number of carbonyl (C=O) groups is 3. The van der Waals surface area contributed by atoms with Crippen molar-refractivity contribution < 1.29 is 14.4 Å². The van der Waals surface area contributed by atoms with Gasteiger partial charge in [-0.2, -0.15) is 0 Å². The van der Waals surface area contributed by atoms with Gasteiger partial charge in [-0.05, 0) is 12.3 Å². The molecule has 0 aromatic heterocycles. The van der Waals surface area contributed by atoms with E-state index in [0.717, 1.165) is 4.90 Å². The van der Waals surface area contributed by atoms with Crippen LogP contribution in [0.2, 0.25) is 0 Å². The van der Waals surface area contributed by atoms with E-state index in [2.05, 4.69) is 0 Å². The molecule has 0 aliphatic rings. The van der Waals surface area contributed by atoms with Gasteiger partial charge in [-0.3, -0.25) is 14.4 Å². The Morgan fingerprint density at radius 3 is 1.76 bits per heavy atom. The fourth-order valence-corrected chi connectivity index (χ4v) is 1.43. The maximum atomic E-state index is 11.8. The number of nitrogens with two attached hydrogens (primary N) is 3. The molecule has 98 valence electrons. The van der Waals surface area contributed by atoms with Crippen LogP contribution in [0.15, 0.2) is 0 Å². The molecule has 6 N–H and O–H groups in total. The van der Waals surface area contributed by atoms with Crippen molar-refractivity contribution in [3.8, 4) is 0 Å². The number of carbonyl (C=O) groups excluding carboxylic acids is 3. The van der Waals surface area contributed by atoms with E-state index in [1.165, 1.54) is 0 Å². The molecule has 3 amide bonds. The molecule has 0 saturated heterocycles. The zero-order valence-corrected chi connectivity index (χ0v) is 10.2. The Kier molecular flexibility index (Phi) is 6.19. The third-order valence-electron chi connectivity index (χ3n) is 2.05. The first-order valence-corrected chi connectivity index (χ1v) is 5.35. The number of primary amides is 2. The molecule has 7 heteroatoms. The minimum atomic E-state index is -0.756. The highest BCUT2D eigenvalue weighted by atomic mass is 16.2. The molecule has 0 spiro atoms. The zero-order chi connectivity index (χ0) is 13.6. The van der Waals surface area contributed by atoms with Gasteiger partial charge in [-0.1, -0.05) is 13.8 Å². The Labute approximate surface area is 100 Å². The molecule has 0 aromatic carbocycles. The van der Waals surface area contributed by atoms with Crippen LogP contribution in [-0.4, -0.2) is 41.8 Å². The largest absolute Gasteiger partial charge is 0.368 e. The molecule has 1 unspecified atom stereocenters. The molecule has 17 heavy (non-hydrogen) atoms. The fourth-order valence-electron chi connectivity index (χ4n) is 1.43. The molecule has 7 nitrogen and oxygen atoms in total. The van der Waals surface area contributed by atoms with Gasteiger partial charge >= 0.3 is 0 Å². The molecular weight excluding hydrogens is 224 g/mol. The third kappa shape index (κ3) is 6.52. The van der Waals surface area contributed by atoms with Crippen molar-refractivity contribution >= 4 is 17.7 Å². The predicted molar refractivity (Wildman–Crippen MR) is 62.4 cm³/mol. The summed E-state index contributed by atoms with van der Waals surface area (Å²) in [4.78, 5) is 34.4. The molecule has 0 radical (unpaired) electrons. The van der Waals surface area contributed by atoms with Crippen LogP contribution in [0.1, 0.15) is 20.3 Å². The van der Waals surface area contributed by atoms with Gasteiger partial charge in [0.15, 0.2) is 0 Å². The van der Waals surface area contributed by atoms with Crippen molar-refractivity contribution in [2.45, 2.75) is 26.3 Å². The summed E-state index contributed by atoms with van der Waals surface area (Å²) in [5.41, 5.74) is 15.6. The van der Waals surface area contributed by atoms with Crippen LogP contribution < -0.4 is 17.2 Å². The monoisotopic (exact) mass is 244 g/mol. The quantitative estimate of drug-likeness (QED) is 0.485. The van der Waals surface area contributed by atoms with Crippen LogP contribution >= 0.6 is 0 Å². The number of hydrogen-bond acceptors (Lipinski definition) is 4. The lowest BCUT2D eigenvalue weighted by atomic mass is 10.0. The average molecular weight is 244 g/mol. The average Bonchev–Trinajstić information content (AvgIpc) is 2.12. The minimum absolute atomic E-state index is 0.234. The number of nitrogens with zero attached hydrogens (tertiary/aromatic N) is 1. The maximum Gasteiger partial charge on any atom is 0.240 e.